The molecule has 0 amide bonds. The average Bonchev–Trinajstić information content (AvgIpc) is 2.26. The van der Waals surface area contributed by atoms with Gasteiger partial charge in [0.25, 0.3) is 0 Å². The molecule has 91 valence electrons. The summed E-state index contributed by atoms with van der Waals surface area (Å²) in [6, 6.07) is 6.69. The van der Waals surface area contributed by atoms with Crippen molar-refractivity contribution >= 4 is 55.6 Å². The summed E-state index contributed by atoms with van der Waals surface area (Å²) in [4.78, 5) is 4.71. The molecule has 0 saturated carbocycles. The first-order valence-electron chi connectivity index (χ1n) is 4.88. The molecule has 0 N–H and O–H groups in total. The van der Waals surface area contributed by atoms with Gasteiger partial charge in [-0.25, -0.2) is 0 Å². The monoisotopic (exact) mass is 331 g/mol. The van der Waals surface area contributed by atoms with E-state index in [1.165, 1.54) is 0 Å². The maximum Gasteiger partial charge on any atom is 0.303 e. The van der Waals surface area contributed by atoms with Crippen molar-refractivity contribution in [3.63, 3.8) is 0 Å². The Bertz CT molecular complexity index is 418. The van der Waals surface area contributed by atoms with Crippen LogP contribution in [0.4, 0.5) is 0 Å². The molecule has 1 aromatic carbocycles. The summed E-state index contributed by atoms with van der Waals surface area (Å²) < 4.78 is 27.8. The van der Waals surface area contributed by atoms with E-state index in [-0.39, 0.29) is 35.3 Å². The molecule has 0 aliphatic heterocycles. The van der Waals surface area contributed by atoms with Gasteiger partial charge >= 0.3 is 10.1 Å². The molecule has 0 heterocycles. The van der Waals surface area contributed by atoms with Crippen LogP contribution in [0.5, 0.6) is 5.75 Å². The molecule has 0 saturated heterocycles. The third-order valence-corrected chi connectivity index (χ3v) is 3.39. The molecule has 0 aliphatic carbocycles. The van der Waals surface area contributed by atoms with Crippen LogP contribution >= 0.6 is 15.9 Å². The molecular weight excluding hydrogens is 319 g/mol. The van der Waals surface area contributed by atoms with Crippen LogP contribution in [0.3, 0.4) is 0 Å². The summed E-state index contributed by atoms with van der Waals surface area (Å²) in [5, 5.41) is 0. The van der Waals surface area contributed by atoms with E-state index in [0.29, 0.717) is 12.2 Å². The first kappa shape index (κ1) is 17.4. The van der Waals surface area contributed by atoms with Gasteiger partial charge in [0.15, 0.2) is 5.75 Å². The number of rotatable bonds is 6. The SMILES string of the molecule is CCCCS(=O)(=O)OOc1ccc(Br)cc1.[Na]. The molecule has 0 fully saturated rings. The predicted octanol–water partition coefficient (Wildman–Crippen LogP) is 2.51. The van der Waals surface area contributed by atoms with Gasteiger partial charge in [-0.15, -0.1) is 0 Å². The van der Waals surface area contributed by atoms with E-state index in [1.54, 1.807) is 24.3 Å². The first-order valence-corrected chi connectivity index (χ1v) is 7.25. The van der Waals surface area contributed by atoms with E-state index in [2.05, 4.69) is 20.3 Å². The van der Waals surface area contributed by atoms with Crippen molar-refractivity contribution in [1.29, 1.82) is 0 Å². The van der Waals surface area contributed by atoms with Crippen LogP contribution in [0.15, 0.2) is 28.7 Å². The fourth-order valence-corrected chi connectivity index (χ4v) is 2.09. The maximum atomic E-state index is 11.3. The van der Waals surface area contributed by atoms with Crippen molar-refractivity contribution in [2.24, 2.45) is 0 Å². The van der Waals surface area contributed by atoms with Gasteiger partial charge in [0.05, 0.1) is 5.75 Å². The molecule has 17 heavy (non-hydrogen) atoms. The van der Waals surface area contributed by atoms with Gasteiger partial charge in [0.2, 0.25) is 0 Å². The van der Waals surface area contributed by atoms with Gasteiger partial charge < -0.3 is 4.89 Å². The first-order chi connectivity index (χ1) is 7.53. The molecule has 4 nitrogen and oxygen atoms in total. The zero-order valence-corrected chi connectivity index (χ0v) is 14.3. The molecule has 1 radical (unpaired) electrons. The molecule has 0 bridgehead atoms. The fraction of sp³-hybridized carbons (Fsp3) is 0.400. The topological polar surface area (TPSA) is 52.6 Å². The molecule has 0 spiro atoms. The predicted molar refractivity (Wildman–Crippen MR) is 70.3 cm³/mol. The van der Waals surface area contributed by atoms with Crippen LogP contribution in [0.1, 0.15) is 19.8 Å². The van der Waals surface area contributed by atoms with Crippen LogP contribution in [0, 0.1) is 0 Å². The second kappa shape index (κ2) is 8.50. The molecular formula is C10H13BrNaO4S. The Balaban J connectivity index is 0.00000256. The molecule has 0 aromatic heterocycles. The van der Waals surface area contributed by atoms with Crippen LogP contribution in [0.2, 0.25) is 0 Å². The molecule has 0 unspecified atom stereocenters. The van der Waals surface area contributed by atoms with Crippen LogP contribution in [0.25, 0.3) is 0 Å². The maximum absolute atomic E-state index is 11.3. The third-order valence-electron chi connectivity index (χ3n) is 1.80. The molecule has 1 aromatic rings. The van der Waals surface area contributed by atoms with E-state index in [1.807, 2.05) is 6.92 Å². The Kier molecular flexibility index (Phi) is 8.71. The van der Waals surface area contributed by atoms with Crippen molar-refractivity contribution in [2.75, 3.05) is 5.75 Å². The van der Waals surface area contributed by atoms with E-state index in [0.717, 1.165) is 10.9 Å². The Labute approximate surface area is 132 Å². The molecule has 0 aliphatic rings. The molecule has 0 atom stereocenters. The summed E-state index contributed by atoms with van der Waals surface area (Å²) in [6.07, 6.45) is 1.35. The standard InChI is InChI=1S/C10H13BrO4S.Na/c1-2-3-8-16(12,13)15-14-10-6-4-9(11)5-7-10;/h4-7H,2-3,8H2,1H3;. The number of hydrogen-bond acceptors (Lipinski definition) is 4. The molecule has 7 heteroatoms. The summed E-state index contributed by atoms with van der Waals surface area (Å²) in [6.45, 7) is 1.91. The summed E-state index contributed by atoms with van der Waals surface area (Å²) in [5.41, 5.74) is 0. The second-order valence-electron chi connectivity index (χ2n) is 3.22. The van der Waals surface area contributed by atoms with Crippen molar-refractivity contribution in [2.45, 2.75) is 19.8 Å². The zero-order valence-electron chi connectivity index (χ0n) is 9.85. The van der Waals surface area contributed by atoms with E-state index in [9.17, 15) is 8.42 Å². The van der Waals surface area contributed by atoms with Gasteiger partial charge in [0.1, 0.15) is 0 Å². The number of unbranched alkanes of at least 4 members (excludes halogenated alkanes) is 1. The smallest absolute Gasteiger partial charge is 0.303 e. The van der Waals surface area contributed by atoms with Gasteiger partial charge in [-0.1, -0.05) is 33.6 Å². The summed E-state index contributed by atoms with van der Waals surface area (Å²) in [7, 11) is -3.59. The normalized spacial score (nSPS) is 10.7. The van der Waals surface area contributed by atoms with Crippen molar-refractivity contribution in [3.8, 4) is 5.75 Å². The third kappa shape index (κ3) is 7.43. The Hall–Kier alpha value is 0.410. The van der Waals surface area contributed by atoms with Crippen LogP contribution < -0.4 is 4.89 Å². The van der Waals surface area contributed by atoms with E-state index < -0.39 is 10.1 Å². The number of hydrogen-bond donors (Lipinski definition) is 0. The zero-order chi connectivity index (χ0) is 12.0. The van der Waals surface area contributed by atoms with Crippen LogP contribution in [-0.2, 0) is 14.5 Å². The minimum atomic E-state index is -3.59. The second-order valence-corrected chi connectivity index (χ2v) is 5.80. The van der Waals surface area contributed by atoms with Gasteiger partial charge in [-0.2, -0.15) is 8.42 Å². The Morgan fingerprint density at radius 3 is 2.35 bits per heavy atom. The van der Waals surface area contributed by atoms with Gasteiger partial charge in [0, 0.05) is 34.0 Å². The van der Waals surface area contributed by atoms with Gasteiger partial charge in [-0.05, 0) is 30.7 Å². The minimum Gasteiger partial charge on any atom is -0.321 e. The van der Waals surface area contributed by atoms with E-state index >= 15 is 0 Å². The Morgan fingerprint density at radius 1 is 1.24 bits per heavy atom. The van der Waals surface area contributed by atoms with Crippen molar-refractivity contribution in [3.05, 3.63) is 28.7 Å². The number of halogens is 1. The summed E-state index contributed by atoms with van der Waals surface area (Å²) in [5.74, 6) is 0.323. The van der Waals surface area contributed by atoms with Gasteiger partial charge in [-0.3, -0.25) is 0 Å². The Morgan fingerprint density at radius 2 is 1.82 bits per heavy atom. The largest absolute Gasteiger partial charge is 0.321 e. The quantitative estimate of drug-likeness (QED) is 0.456. The minimum absolute atomic E-state index is 0. The number of benzene rings is 1. The van der Waals surface area contributed by atoms with Crippen molar-refractivity contribution in [1.82, 2.24) is 0 Å². The fourth-order valence-electron chi connectivity index (χ4n) is 0.936. The molecule has 1 rings (SSSR count). The summed E-state index contributed by atoms with van der Waals surface area (Å²) >= 11 is 3.26. The average molecular weight is 332 g/mol. The van der Waals surface area contributed by atoms with E-state index in [4.69, 9.17) is 4.89 Å². The van der Waals surface area contributed by atoms with Crippen LogP contribution in [-0.4, -0.2) is 43.7 Å². The van der Waals surface area contributed by atoms with Crippen molar-refractivity contribution < 1.29 is 17.6 Å².